The molecule has 1 amide bonds. The maximum Gasteiger partial charge on any atom is 0.342 e. The van der Waals surface area contributed by atoms with Crippen molar-refractivity contribution in [2.45, 2.75) is 26.7 Å². The molecule has 0 radical (unpaired) electrons. The fourth-order valence-electron chi connectivity index (χ4n) is 2.91. The van der Waals surface area contributed by atoms with Crippen molar-refractivity contribution in [2.75, 3.05) is 5.32 Å². The summed E-state index contributed by atoms with van der Waals surface area (Å²) in [4.78, 5) is 12.5. The first kappa shape index (κ1) is 20.9. The van der Waals surface area contributed by atoms with Gasteiger partial charge >= 0.3 is 10.2 Å². The van der Waals surface area contributed by atoms with Crippen molar-refractivity contribution in [3.05, 3.63) is 64.8 Å². The number of amides is 1. The molecule has 1 aliphatic rings. The largest absolute Gasteiger partial charge is 0.454 e. The van der Waals surface area contributed by atoms with Crippen LogP contribution in [0.4, 0.5) is 5.69 Å². The Balaban J connectivity index is 1.68. The summed E-state index contributed by atoms with van der Waals surface area (Å²) < 4.78 is 35.0. The van der Waals surface area contributed by atoms with Crippen LogP contribution in [0, 0.1) is 0 Å². The fourth-order valence-corrected chi connectivity index (χ4v) is 4.11. The third-order valence-corrected chi connectivity index (χ3v) is 5.64. The molecule has 0 saturated heterocycles. The number of rotatable bonds is 6. The second-order valence-corrected chi connectivity index (χ2v) is 8.18. The molecule has 29 heavy (non-hydrogen) atoms. The third-order valence-electron chi connectivity index (χ3n) is 4.25. The van der Waals surface area contributed by atoms with Crippen LogP contribution in [-0.4, -0.2) is 20.0 Å². The number of benzene rings is 2. The van der Waals surface area contributed by atoms with Gasteiger partial charge in [0, 0.05) is 12.1 Å². The molecule has 2 aromatic rings. The van der Waals surface area contributed by atoms with E-state index in [4.69, 9.17) is 16.3 Å². The van der Waals surface area contributed by atoms with Crippen LogP contribution in [0.15, 0.2) is 64.2 Å². The predicted octanol–water partition coefficient (Wildman–Crippen LogP) is 4.43. The molecule has 0 fully saturated rings. The summed E-state index contributed by atoms with van der Waals surface area (Å²) in [5.74, 6) is 0.715. The predicted molar refractivity (Wildman–Crippen MR) is 114 cm³/mol. The lowest BCUT2D eigenvalue weighted by Crippen LogP contribution is -2.28. The molecule has 7 nitrogen and oxygen atoms in total. The van der Waals surface area contributed by atoms with E-state index in [0.29, 0.717) is 45.6 Å². The van der Waals surface area contributed by atoms with Gasteiger partial charge in [0.15, 0.2) is 5.75 Å². The van der Waals surface area contributed by atoms with Crippen molar-refractivity contribution in [3.63, 3.8) is 0 Å². The lowest BCUT2D eigenvalue weighted by Gasteiger charge is -2.18. The smallest absolute Gasteiger partial charge is 0.342 e. The number of halogens is 1. The molecule has 0 unspecified atom stereocenters. The second kappa shape index (κ2) is 8.67. The Morgan fingerprint density at radius 3 is 2.45 bits per heavy atom. The number of para-hydroxylation sites is 3. The monoisotopic (exact) mass is 433 g/mol. The van der Waals surface area contributed by atoms with Gasteiger partial charge in [-0.3, -0.25) is 9.52 Å². The number of ether oxygens (including phenoxy) is 1. The minimum Gasteiger partial charge on any atom is -0.454 e. The Morgan fingerprint density at radius 1 is 1.10 bits per heavy atom. The first-order valence-corrected chi connectivity index (χ1v) is 10.7. The van der Waals surface area contributed by atoms with Gasteiger partial charge in [0.1, 0.15) is 5.75 Å². The summed E-state index contributed by atoms with van der Waals surface area (Å²) in [7, 11) is -3.69. The van der Waals surface area contributed by atoms with E-state index in [-0.39, 0.29) is 12.3 Å². The summed E-state index contributed by atoms with van der Waals surface area (Å²) in [5.41, 5.74) is 2.08. The highest BCUT2D eigenvalue weighted by atomic mass is 35.5. The fraction of sp³-hybridized carbons (Fsp3) is 0.200. The standard InChI is InChI=1S/C20H20ClN3O4S/c1-13-15(14(2)24-29(26,27)23-13)11-12-20(25)22-17-8-4-6-10-19(17)28-18-9-5-3-7-16(18)21/h3-10,23H,11-12H2,1-2H3,(H,22,25). The van der Waals surface area contributed by atoms with Gasteiger partial charge in [-0.15, -0.1) is 4.40 Å². The third kappa shape index (κ3) is 5.36. The summed E-state index contributed by atoms with van der Waals surface area (Å²) in [6.07, 6.45) is 0.505. The lowest BCUT2D eigenvalue weighted by atomic mass is 10.0. The van der Waals surface area contributed by atoms with E-state index in [1.54, 1.807) is 62.4 Å². The van der Waals surface area contributed by atoms with Crippen LogP contribution in [0.5, 0.6) is 11.5 Å². The van der Waals surface area contributed by atoms with E-state index < -0.39 is 10.2 Å². The summed E-state index contributed by atoms with van der Waals surface area (Å²) in [6.45, 7) is 3.26. The number of carbonyl (C=O) groups is 1. The number of hydrogen-bond acceptors (Lipinski definition) is 4. The molecule has 9 heteroatoms. The quantitative estimate of drug-likeness (QED) is 0.704. The first-order chi connectivity index (χ1) is 13.7. The topological polar surface area (TPSA) is 96.9 Å². The molecule has 1 heterocycles. The zero-order chi connectivity index (χ0) is 21.0. The van der Waals surface area contributed by atoms with Crippen LogP contribution in [0.1, 0.15) is 26.7 Å². The molecule has 0 atom stereocenters. The van der Waals surface area contributed by atoms with Gasteiger partial charge in [-0.05, 0) is 50.1 Å². The minimum atomic E-state index is -3.69. The molecule has 2 aromatic carbocycles. The first-order valence-electron chi connectivity index (χ1n) is 8.86. The molecule has 2 N–H and O–H groups in total. The van der Waals surface area contributed by atoms with E-state index >= 15 is 0 Å². The molecular weight excluding hydrogens is 414 g/mol. The van der Waals surface area contributed by atoms with E-state index in [2.05, 4.69) is 14.4 Å². The van der Waals surface area contributed by atoms with Gasteiger partial charge in [-0.2, -0.15) is 8.42 Å². The maximum absolute atomic E-state index is 12.5. The zero-order valence-electron chi connectivity index (χ0n) is 15.9. The molecule has 152 valence electrons. The van der Waals surface area contributed by atoms with Crippen LogP contribution in [0.25, 0.3) is 0 Å². The van der Waals surface area contributed by atoms with Gasteiger partial charge in [-0.1, -0.05) is 35.9 Å². The van der Waals surface area contributed by atoms with E-state index in [9.17, 15) is 13.2 Å². The molecule has 1 aliphatic heterocycles. The van der Waals surface area contributed by atoms with Gasteiger partial charge in [0.25, 0.3) is 0 Å². The van der Waals surface area contributed by atoms with Crippen molar-refractivity contribution in [3.8, 4) is 11.5 Å². The Morgan fingerprint density at radius 2 is 1.76 bits per heavy atom. The van der Waals surface area contributed by atoms with Crippen LogP contribution in [-0.2, 0) is 15.0 Å². The van der Waals surface area contributed by atoms with Crippen molar-refractivity contribution in [2.24, 2.45) is 4.40 Å². The maximum atomic E-state index is 12.5. The normalized spacial score (nSPS) is 15.3. The molecule has 0 bridgehead atoms. The second-order valence-electron chi connectivity index (χ2n) is 6.43. The van der Waals surface area contributed by atoms with E-state index in [1.165, 1.54) is 0 Å². The number of hydrogen-bond donors (Lipinski definition) is 2. The molecule has 0 spiro atoms. The molecule has 3 rings (SSSR count). The molecule has 0 aliphatic carbocycles. The van der Waals surface area contributed by atoms with Crippen molar-refractivity contribution >= 4 is 39.1 Å². The highest BCUT2D eigenvalue weighted by Crippen LogP contribution is 2.33. The van der Waals surface area contributed by atoms with Crippen molar-refractivity contribution in [1.29, 1.82) is 0 Å². The summed E-state index contributed by atoms with van der Waals surface area (Å²) in [5, 5.41) is 3.29. The summed E-state index contributed by atoms with van der Waals surface area (Å²) >= 11 is 6.14. The number of anilines is 1. The lowest BCUT2D eigenvalue weighted by molar-refractivity contribution is -0.116. The van der Waals surface area contributed by atoms with Crippen LogP contribution in [0.3, 0.4) is 0 Å². The minimum absolute atomic E-state index is 0.154. The number of nitrogens with zero attached hydrogens (tertiary/aromatic N) is 1. The summed E-state index contributed by atoms with van der Waals surface area (Å²) in [6, 6.07) is 14.1. The van der Waals surface area contributed by atoms with Gasteiger partial charge in [0.05, 0.1) is 16.4 Å². The van der Waals surface area contributed by atoms with Crippen molar-refractivity contribution < 1.29 is 17.9 Å². The van der Waals surface area contributed by atoms with Gasteiger partial charge in [0.2, 0.25) is 5.91 Å². The highest BCUT2D eigenvalue weighted by molar-refractivity contribution is 7.88. The SMILES string of the molecule is CC1=NS(=O)(=O)NC(C)=C1CCC(=O)Nc1ccccc1Oc1ccccc1Cl. The molecule has 0 aromatic heterocycles. The van der Waals surface area contributed by atoms with E-state index in [1.807, 2.05) is 0 Å². The number of allylic oxidation sites excluding steroid dienone is 2. The number of nitrogens with one attached hydrogen (secondary N) is 2. The van der Waals surface area contributed by atoms with Crippen LogP contribution >= 0.6 is 11.6 Å². The molecular formula is C20H20ClN3O4S. The molecule has 0 saturated carbocycles. The van der Waals surface area contributed by atoms with Crippen LogP contribution in [0.2, 0.25) is 5.02 Å². The Labute approximate surface area is 174 Å². The Kier molecular flexibility index (Phi) is 6.24. The van der Waals surface area contributed by atoms with Gasteiger partial charge in [-0.25, -0.2) is 0 Å². The average molecular weight is 434 g/mol. The number of carbonyl (C=O) groups excluding carboxylic acids is 1. The van der Waals surface area contributed by atoms with Crippen LogP contribution < -0.4 is 14.8 Å². The average Bonchev–Trinajstić information content (AvgIpc) is 2.63. The highest BCUT2D eigenvalue weighted by Gasteiger charge is 2.21. The Bertz CT molecular complexity index is 1110. The zero-order valence-corrected chi connectivity index (χ0v) is 17.5. The Hall–Kier alpha value is -2.84. The van der Waals surface area contributed by atoms with Crippen molar-refractivity contribution in [1.82, 2.24) is 4.72 Å². The van der Waals surface area contributed by atoms with E-state index in [0.717, 1.165) is 0 Å². The van der Waals surface area contributed by atoms with Gasteiger partial charge < -0.3 is 10.1 Å².